The molecule has 0 unspecified atom stereocenters. The molecule has 0 amide bonds. The number of esters is 4. The first-order valence-electron chi connectivity index (χ1n) is 5.99. The molecule has 0 saturated heterocycles. The fourth-order valence-corrected chi connectivity index (χ4v) is 3.03. The minimum Gasteiger partial charge on any atom is -0.393 e. The second-order valence-electron chi connectivity index (χ2n) is 3.66. The van der Waals surface area contributed by atoms with Crippen molar-refractivity contribution in [2.45, 2.75) is 26.7 Å². The molecule has 0 aliphatic carbocycles. The normalized spacial score (nSPS) is 9.90. The van der Waals surface area contributed by atoms with Crippen LogP contribution in [0, 0.1) is 0 Å². The van der Waals surface area contributed by atoms with Crippen LogP contribution < -0.4 is 0 Å². The van der Waals surface area contributed by atoms with Crippen LogP contribution in [0.25, 0.3) is 0 Å². The summed E-state index contributed by atoms with van der Waals surface area (Å²) in [5.41, 5.74) is 0. The summed E-state index contributed by atoms with van der Waals surface area (Å²) in [6.07, 6.45) is 0.416. The highest BCUT2D eigenvalue weighted by molar-refractivity contribution is 8.02. The molecule has 0 fully saturated rings. The first-order chi connectivity index (χ1) is 9.41. The van der Waals surface area contributed by atoms with Crippen molar-refractivity contribution in [3.05, 3.63) is 0 Å². The first kappa shape index (κ1) is 19.0. The average Bonchev–Trinajstić information content (AvgIpc) is 2.30. The van der Waals surface area contributed by atoms with Crippen LogP contribution in [0.1, 0.15) is 26.7 Å². The Morgan fingerprint density at radius 1 is 0.700 bits per heavy atom. The van der Waals surface area contributed by atoms with Gasteiger partial charge in [-0.25, -0.2) is 0 Å². The largest absolute Gasteiger partial charge is 0.393 e. The molecule has 0 aliphatic rings. The number of ether oxygens (including phenoxy) is 2. The van der Waals surface area contributed by atoms with Crippen molar-refractivity contribution < 1.29 is 28.7 Å². The van der Waals surface area contributed by atoms with Gasteiger partial charge in [-0.2, -0.15) is 23.5 Å². The van der Waals surface area contributed by atoms with Crippen molar-refractivity contribution in [1.82, 2.24) is 0 Å². The second kappa shape index (κ2) is 11.8. The van der Waals surface area contributed by atoms with E-state index in [2.05, 4.69) is 9.47 Å². The maximum atomic E-state index is 11.0. The molecule has 114 valence electrons. The average molecular weight is 322 g/mol. The van der Waals surface area contributed by atoms with Gasteiger partial charge in [0.2, 0.25) is 0 Å². The molecule has 0 radical (unpaired) electrons. The van der Waals surface area contributed by atoms with Gasteiger partial charge in [0.25, 0.3) is 0 Å². The number of hydrogen-bond donors (Lipinski definition) is 0. The quantitative estimate of drug-likeness (QED) is 0.358. The molecule has 0 aliphatic heterocycles. The molecule has 0 atom stereocenters. The Bertz CT molecular complexity index is 322. The molecule has 0 rings (SSSR count). The Balaban J connectivity index is 3.33. The molecule has 0 bridgehead atoms. The first-order valence-corrected chi connectivity index (χ1v) is 8.30. The highest BCUT2D eigenvalue weighted by atomic mass is 32.2. The van der Waals surface area contributed by atoms with Gasteiger partial charge in [0, 0.05) is 36.9 Å². The Labute approximate surface area is 126 Å². The summed E-state index contributed by atoms with van der Waals surface area (Å²) in [6, 6.07) is 0. The fraction of sp³-hybridized carbons (Fsp3) is 0.667. The minimum atomic E-state index is -0.590. The standard InChI is InChI=1S/C12H18O6S2/c1-9(13)17-11(15)3-5-19-7-8-20-6-4-12(16)18-10(2)14/h3-8H2,1-2H3. The smallest absolute Gasteiger partial charge is 0.314 e. The van der Waals surface area contributed by atoms with E-state index in [-0.39, 0.29) is 12.8 Å². The van der Waals surface area contributed by atoms with E-state index >= 15 is 0 Å². The number of rotatable bonds is 9. The molecule has 0 aromatic heterocycles. The van der Waals surface area contributed by atoms with Crippen LogP contribution in [0.4, 0.5) is 0 Å². The monoisotopic (exact) mass is 322 g/mol. The molecular weight excluding hydrogens is 304 g/mol. The third kappa shape index (κ3) is 13.4. The van der Waals surface area contributed by atoms with E-state index in [4.69, 9.17) is 0 Å². The van der Waals surface area contributed by atoms with Gasteiger partial charge in [0.1, 0.15) is 0 Å². The van der Waals surface area contributed by atoms with E-state index < -0.39 is 23.9 Å². The molecule has 0 aromatic carbocycles. The predicted molar refractivity (Wildman–Crippen MR) is 77.4 cm³/mol. The van der Waals surface area contributed by atoms with E-state index in [0.29, 0.717) is 11.5 Å². The zero-order valence-electron chi connectivity index (χ0n) is 11.5. The van der Waals surface area contributed by atoms with Gasteiger partial charge in [-0.1, -0.05) is 0 Å². The van der Waals surface area contributed by atoms with Crippen LogP contribution in [-0.2, 0) is 28.7 Å². The van der Waals surface area contributed by atoms with Crippen molar-refractivity contribution in [2.75, 3.05) is 23.0 Å². The van der Waals surface area contributed by atoms with Gasteiger partial charge in [0.05, 0.1) is 12.8 Å². The van der Waals surface area contributed by atoms with E-state index in [1.807, 2.05) is 0 Å². The maximum Gasteiger partial charge on any atom is 0.314 e. The van der Waals surface area contributed by atoms with E-state index in [1.54, 1.807) is 23.5 Å². The zero-order valence-corrected chi connectivity index (χ0v) is 13.1. The van der Waals surface area contributed by atoms with Crippen molar-refractivity contribution in [3.8, 4) is 0 Å². The van der Waals surface area contributed by atoms with Crippen LogP contribution in [0.5, 0.6) is 0 Å². The number of carbonyl (C=O) groups excluding carboxylic acids is 4. The lowest BCUT2D eigenvalue weighted by atomic mass is 10.5. The Morgan fingerprint density at radius 3 is 1.35 bits per heavy atom. The fourth-order valence-electron chi connectivity index (χ4n) is 1.06. The molecule has 6 nitrogen and oxygen atoms in total. The van der Waals surface area contributed by atoms with Gasteiger partial charge in [-0.15, -0.1) is 0 Å². The topological polar surface area (TPSA) is 86.7 Å². The lowest BCUT2D eigenvalue weighted by Crippen LogP contribution is -2.10. The number of carbonyl (C=O) groups is 4. The van der Waals surface area contributed by atoms with Crippen LogP contribution in [0.2, 0.25) is 0 Å². The molecule has 0 heterocycles. The number of thioether (sulfide) groups is 2. The van der Waals surface area contributed by atoms with Crippen LogP contribution in [0.15, 0.2) is 0 Å². The summed E-state index contributed by atoms with van der Waals surface area (Å²) in [7, 11) is 0. The van der Waals surface area contributed by atoms with Crippen molar-refractivity contribution in [1.29, 1.82) is 0 Å². The van der Waals surface area contributed by atoms with Gasteiger partial charge in [0.15, 0.2) is 0 Å². The zero-order chi connectivity index (χ0) is 15.4. The summed E-state index contributed by atoms with van der Waals surface area (Å²) < 4.78 is 8.76. The third-order valence-electron chi connectivity index (χ3n) is 1.79. The molecule has 8 heteroatoms. The maximum absolute atomic E-state index is 11.0. The summed E-state index contributed by atoms with van der Waals surface area (Å²) in [6.45, 7) is 2.39. The molecule has 0 saturated carbocycles. The predicted octanol–water partition coefficient (Wildman–Crippen LogP) is 1.41. The van der Waals surface area contributed by atoms with Crippen molar-refractivity contribution in [2.24, 2.45) is 0 Å². The minimum absolute atomic E-state index is 0.208. The third-order valence-corrected chi connectivity index (χ3v) is 4.02. The Kier molecular flexibility index (Phi) is 11.2. The highest BCUT2D eigenvalue weighted by Crippen LogP contribution is 2.10. The van der Waals surface area contributed by atoms with Crippen LogP contribution >= 0.6 is 23.5 Å². The van der Waals surface area contributed by atoms with E-state index in [0.717, 1.165) is 11.5 Å². The van der Waals surface area contributed by atoms with Crippen molar-refractivity contribution in [3.63, 3.8) is 0 Å². The van der Waals surface area contributed by atoms with Gasteiger partial charge in [-0.3, -0.25) is 19.2 Å². The Morgan fingerprint density at radius 2 is 1.05 bits per heavy atom. The second-order valence-corrected chi connectivity index (χ2v) is 6.11. The number of hydrogen-bond acceptors (Lipinski definition) is 8. The summed E-state index contributed by atoms with van der Waals surface area (Å²) in [5.74, 6) is 0.660. The van der Waals surface area contributed by atoms with E-state index in [1.165, 1.54) is 13.8 Å². The van der Waals surface area contributed by atoms with E-state index in [9.17, 15) is 19.2 Å². The van der Waals surface area contributed by atoms with Crippen LogP contribution in [-0.4, -0.2) is 46.9 Å². The van der Waals surface area contributed by atoms with Crippen LogP contribution in [0.3, 0.4) is 0 Å². The van der Waals surface area contributed by atoms with Gasteiger partial charge >= 0.3 is 23.9 Å². The summed E-state index contributed by atoms with van der Waals surface area (Å²) >= 11 is 3.15. The molecule has 0 N–H and O–H groups in total. The molecule has 0 spiro atoms. The van der Waals surface area contributed by atoms with Gasteiger partial charge in [-0.05, 0) is 0 Å². The van der Waals surface area contributed by atoms with Crippen molar-refractivity contribution >= 4 is 47.4 Å². The van der Waals surface area contributed by atoms with Gasteiger partial charge < -0.3 is 9.47 Å². The lowest BCUT2D eigenvalue weighted by Gasteiger charge is -2.02. The molecular formula is C12H18O6S2. The molecule has 20 heavy (non-hydrogen) atoms. The molecule has 0 aromatic rings. The Hall–Kier alpha value is -1.02. The highest BCUT2D eigenvalue weighted by Gasteiger charge is 2.06. The lowest BCUT2D eigenvalue weighted by molar-refractivity contribution is -0.159. The SMILES string of the molecule is CC(=O)OC(=O)CCSCCSCCC(=O)OC(C)=O. The summed E-state index contributed by atoms with van der Waals surface area (Å²) in [5, 5.41) is 0. The summed E-state index contributed by atoms with van der Waals surface area (Å²) in [4.78, 5) is 43.0.